The second-order valence-electron chi connectivity index (χ2n) is 5.25. The molecule has 0 radical (unpaired) electrons. The Balaban J connectivity index is 0.00000136. The standard InChI is InChI=1S/C18H14ClFN4OS.C2H6/c19-13-9-12(4-5-14(13)20)10-23-17(25)11-26-18-22-8-6-16(24-18)15-3-1-2-7-21-15;1-2/h1-9H,10-11H2,(H,23,25);1-2H3. The van der Waals surface area contributed by atoms with E-state index < -0.39 is 5.82 Å². The van der Waals surface area contributed by atoms with Gasteiger partial charge in [0.2, 0.25) is 5.91 Å². The van der Waals surface area contributed by atoms with Gasteiger partial charge in [-0.2, -0.15) is 0 Å². The van der Waals surface area contributed by atoms with E-state index in [2.05, 4.69) is 20.3 Å². The van der Waals surface area contributed by atoms with Crippen LogP contribution < -0.4 is 5.32 Å². The number of nitrogens with one attached hydrogen (secondary N) is 1. The van der Waals surface area contributed by atoms with Crippen molar-refractivity contribution in [2.75, 3.05) is 5.75 Å². The molecule has 3 aromatic rings. The van der Waals surface area contributed by atoms with Crippen molar-refractivity contribution in [3.05, 3.63) is 71.3 Å². The van der Waals surface area contributed by atoms with Crippen LogP contribution in [0.5, 0.6) is 0 Å². The molecule has 0 unspecified atom stereocenters. The van der Waals surface area contributed by atoms with Gasteiger partial charge in [-0.1, -0.05) is 49.3 Å². The van der Waals surface area contributed by atoms with Crippen molar-refractivity contribution in [3.8, 4) is 11.4 Å². The molecule has 0 saturated heterocycles. The van der Waals surface area contributed by atoms with Crippen LogP contribution in [0, 0.1) is 5.82 Å². The summed E-state index contributed by atoms with van der Waals surface area (Å²) in [6.45, 7) is 4.27. The predicted molar refractivity (Wildman–Crippen MR) is 111 cm³/mol. The van der Waals surface area contributed by atoms with Crippen molar-refractivity contribution in [3.63, 3.8) is 0 Å². The van der Waals surface area contributed by atoms with E-state index in [0.29, 0.717) is 10.9 Å². The molecule has 2 heterocycles. The molecule has 146 valence electrons. The summed E-state index contributed by atoms with van der Waals surface area (Å²) in [7, 11) is 0. The van der Waals surface area contributed by atoms with E-state index in [9.17, 15) is 9.18 Å². The second kappa shape index (κ2) is 11.4. The summed E-state index contributed by atoms with van der Waals surface area (Å²) in [5.74, 6) is -0.495. The molecule has 0 atom stereocenters. The number of aromatic nitrogens is 3. The number of carbonyl (C=O) groups is 1. The molecule has 8 heteroatoms. The van der Waals surface area contributed by atoms with Crippen LogP contribution in [0.1, 0.15) is 19.4 Å². The smallest absolute Gasteiger partial charge is 0.230 e. The van der Waals surface area contributed by atoms with E-state index in [0.717, 1.165) is 11.3 Å². The zero-order valence-electron chi connectivity index (χ0n) is 15.5. The summed E-state index contributed by atoms with van der Waals surface area (Å²) in [5.41, 5.74) is 2.17. The Morgan fingerprint density at radius 2 is 1.93 bits per heavy atom. The molecular formula is C20H20ClFN4OS. The zero-order chi connectivity index (χ0) is 20.4. The largest absolute Gasteiger partial charge is 0.351 e. The maximum atomic E-state index is 13.1. The Hall–Kier alpha value is -2.51. The third-order valence-corrected chi connectivity index (χ3v) is 4.52. The average Bonchev–Trinajstić information content (AvgIpc) is 2.75. The molecule has 0 aliphatic heterocycles. The van der Waals surface area contributed by atoms with Crippen molar-refractivity contribution in [1.29, 1.82) is 0 Å². The molecule has 0 saturated carbocycles. The minimum absolute atomic E-state index is 0.0332. The minimum Gasteiger partial charge on any atom is -0.351 e. The molecule has 1 amide bonds. The van der Waals surface area contributed by atoms with Gasteiger partial charge in [0.25, 0.3) is 0 Å². The highest BCUT2D eigenvalue weighted by atomic mass is 35.5. The normalized spacial score (nSPS) is 10.0. The van der Waals surface area contributed by atoms with Gasteiger partial charge >= 0.3 is 0 Å². The van der Waals surface area contributed by atoms with E-state index in [1.54, 1.807) is 24.5 Å². The maximum Gasteiger partial charge on any atom is 0.230 e. The fourth-order valence-corrected chi connectivity index (χ4v) is 2.96. The lowest BCUT2D eigenvalue weighted by atomic mass is 10.2. The van der Waals surface area contributed by atoms with Gasteiger partial charge < -0.3 is 5.32 Å². The van der Waals surface area contributed by atoms with Crippen LogP contribution in [0.15, 0.2) is 60.0 Å². The summed E-state index contributed by atoms with van der Waals surface area (Å²) in [6.07, 6.45) is 3.33. The van der Waals surface area contributed by atoms with Crippen LogP contribution in [-0.2, 0) is 11.3 Å². The van der Waals surface area contributed by atoms with Crippen LogP contribution in [0.3, 0.4) is 0 Å². The van der Waals surface area contributed by atoms with Crippen LogP contribution >= 0.6 is 23.4 Å². The van der Waals surface area contributed by atoms with Crippen LogP contribution in [0.4, 0.5) is 4.39 Å². The molecule has 0 bridgehead atoms. The number of hydrogen-bond acceptors (Lipinski definition) is 5. The Morgan fingerprint density at radius 3 is 2.64 bits per heavy atom. The highest BCUT2D eigenvalue weighted by molar-refractivity contribution is 7.99. The molecule has 1 N–H and O–H groups in total. The summed E-state index contributed by atoms with van der Waals surface area (Å²) < 4.78 is 13.1. The molecule has 0 aliphatic carbocycles. The van der Waals surface area contributed by atoms with Crippen LogP contribution in [-0.4, -0.2) is 26.6 Å². The molecule has 1 aromatic carbocycles. The zero-order valence-corrected chi connectivity index (χ0v) is 17.1. The lowest BCUT2D eigenvalue weighted by Gasteiger charge is -2.06. The first-order valence-corrected chi connectivity index (χ1v) is 10.1. The maximum absolute atomic E-state index is 13.1. The van der Waals surface area contributed by atoms with Crippen molar-refractivity contribution in [1.82, 2.24) is 20.3 Å². The lowest BCUT2D eigenvalue weighted by molar-refractivity contribution is -0.118. The molecule has 0 aliphatic rings. The van der Waals surface area contributed by atoms with E-state index in [1.807, 2.05) is 32.0 Å². The Bertz CT molecular complexity index is 912. The number of carbonyl (C=O) groups excluding carboxylic acids is 1. The van der Waals surface area contributed by atoms with Gasteiger partial charge in [-0.05, 0) is 35.9 Å². The van der Waals surface area contributed by atoms with Crippen molar-refractivity contribution in [2.45, 2.75) is 25.5 Å². The lowest BCUT2D eigenvalue weighted by Crippen LogP contribution is -2.24. The first-order chi connectivity index (χ1) is 13.6. The highest BCUT2D eigenvalue weighted by Gasteiger charge is 2.08. The number of halogens is 2. The first kappa shape index (κ1) is 21.8. The van der Waals surface area contributed by atoms with E-state index in [4.69, 9.17) is 11.6 Å². The molecule has 3 rings (SSSR count). The van der Waals surface area contributed by atoms with Gasteiger partial charge in [-0.15, -0.1) is 0 Å². The summed E-state index contributed by atoms with van der Waals surface area (Å²) in [4.78, 5) is 24.8. The third kappa shape index (κ3) is 6.58. The van der Waals surface area contributed by atoms with Gasteiger partial charge in [-0.3, -0.25) is 9.78 Å². The first-order valence-electron chi connectivity index (χ1n) is 8.70. The van der Waals surface area contributed by atoms with E-state index in [-0.39, 0.29) is 23.2 Å². The quantitative estimate of drug-likeness (QED) is 0.461. The number of pyridine rings is 1. The van der Waals surface area contributed by atoms with Crippen molar-refractivity contribution in [2.24, 2.45) is 0 Å². The third-order valence-electron chi connectivity index (χ3n) is 3.37. The Kier molecular flexibility index (Phi) is 8.84. The molecule has 2 aromatic heterocycles. The van der Waals surface area contributed by atoms with Gasteiger partial charge in [0.15, 0.2) is 5.16 Å². The Morgan fingerprint density at radius 1 is 1.11 bits per heavy atom. The number of nitrogens with zero attached hydrogens (tertiary/aromatic N) is 3. The van der Waals surface area contributed by atoms with Gasteiger partial charge in [0.1, 0.15) is 5.82 Å². The molecule has 5 nitrogen and oxygen atoms in total. The topological polar surface area (TPSA) is 67.8 Å². The molecule has 0 spiro atoms. The van der Waals surface area contributed by atoms with Gasteiger partial charge in [0.05, 0.1) is 22.2 Å². The number of rotatable bonds is 6. The SMILES string of the molecule is CC.O=C(CSc1nccc(-c2ccccn2)n1)NCc1ccc(F)c(Cl)c1. The van der Waals surface area contributed by atoms with Crippen LogP contribution in [0.25, 0.3) is 11.4 Å². The minimum atomic E-state index is -0.484. The fraction of sp³-hybridized carbons (Fsp3) is 0.200. The summed E-state index contributed by atoms with van der Waals surface area (Å²) in [6, 6.07) is 11.7. The Labute approximate surface area is 172 Å². The fourth-order valence-electron chi connectivity index (χ4n) is 2.10. The summed E-state index contributed by atoms with van der Waals surface area (Å²) in [5, 5.41) is 3.28. The number of thioether (sulfide) groups is 1. The van der Waals surface area contributed by atoms with Crippen LogP contribution in [0.2, 0.25) is 5.02 Å². The van der Waals surface area contributed by atoms with Crippen molar-refractivity contribution < 1.29 is 9.18 Å². The van der Waals surface area contributed by atoms with Gasteiger partial charge in [0, 0.05) is 18.9 Å². The molecule has 0 fully saturated rings. The molecule has 28 heavy (non-hydrogen) atoms. The number of benzene rings is 1. The number of amides is 1. The number of hydrogen-bond donors (Lipinski definition) is 1. The van der Waals surface area contributed by atoms with Crippen molar-refractivity contribution >= 4 is 29.3 Å². The average molecular weight is 419 g/mol. The summed E-state index contributed by atoms with van der Waals surface area (Å²) >= 11 is 6.95. The van der Waals surface area contributed by atoms with E-state index in [1.165, 1.54) is 23.9 Å². The highest BCUT2D eigenvalue weighted by Crippen LogP contribution is 2.18. The monoisotopic (exact) mass is 418 g/mol. The second-order valence-corrected chi connectivity index (χ2v) is 6.60. The molecular weight excluding hydrogens is 399 g/mol. The van der Waals surface area contributed by atoms with Gasteiger partial charge in [-0.25, -0.2) is 14.4 Å². The predicted octanol–water partition coefficient (Wildman–Crippen LogP) is 4.77. The van der Waals surface area contributed by atoms with E-state index >= 15 is 0 Å².